The zero-order chi connectivity index (χ0) is 15.5. The Balaban J connectivity index is 1.98. The quantitative estimate of drug-likeness (QED) is 0.632. The van der Waals surface area contributed by atoms with Crippen LogP contribution in [-0.2, 0) is 26.0 Å². The van der Waals surface area contributed by atoms with Gasteiger partial charge in [0.15, 0.2) is 6.10 Å². The zero-order valence-electron chi connectivity index (χ0n) is 11.9. The summed E-state index contributed by atoms with van der Waals surface area (Å²) in [5, 5.41) is 5.08. The fourth-order valence-corrected chi connectivity index (χ4v) is 2.72. The number of benzene rings is 1. The van der Waals surface area contributed by atoms with Gasteiger partial charge >= 0.3 is 5.97 Å². The molecule has 0 fully saturated rings. The Bertz CT molecular complexity index is 626. The first-order valence-corrected chi connectivity index (χ1v) is 8.45. The molecule has 1 aromatic rings. The van der Waals surface area contributed by atoms with Crippen molar-refractivity contribution in [1.29, 1.82) is 0 Å². The van der Waals surface area contributed by atoms with Crippen molar-refractivity contribution in [1.82, 2.24) is 0 Å². The number of unbranched alkanes of at least 4 members (excludes halogenated alkanes) is 2. The highest BCUT2D eigenvalue weighted by molar-refractivity contribution is 7.89. The maximum atomic E-state index is 11.9. The van der Waals surface area contributed by atoms with Gasteiger partial charge in [-0.3, -0.25) is 0 Å². The van der Waals surface area contributed by atoms with E-state index in [9.17, 15) is 13.2 Å². The van der Waals surface area contributed by atoms with Crippen LogP contribution < -0.4 is 9.88 Å². The molecular formula is C14H19NO5S. The highest BCUT2D eigenvalue weighted by Gasteiger charge is 2.31. The van der Waals surface area contributed by atoms with Crippen LogP contribution in [0.2, 0.25) is 0 Å². The smallest absolute Gasteiger partial charge is 0.347 e. The maximum absolute atomic E-state index is 11.9. The van der Waals surface area contributed by atoms with Crippen LogP contribution >= 0.6 is 0 Å². The molecule has 1 aliphatic rings. The van der Waals surface area contributed by atoms with Gasteiger partial charge in [-0.2, -0.15) is 0 Å². The van der Waals surface area contributed by atoms with Crippen molar-refractivity contribution < 1.29 is 22.7 Å². The summed E-state index contributed by atoms with van der Waals surface area (Å²) >= 11 is 0. The molecule has 1 aromatic carbocycles. The predicted molar refractivity (Wildman–Crippen MR) is 76.4 cm³/mol. The second-order valence-corrected chi connectivity index (χ2v) is 6.56. The molecule has 0 bridgehead atoms. The third-order valence-corrected chi connectivity index (χ3v) is 4.20. The van der Waals surface area contributed by atoms with Gasteiger partial charge in [-0.25, -0.2) is 18.4 Å². The van der Waals surface area contributed by atoms with Crippen LogP contribution in [0.5, 0.6) is 5.75 Å². The van der Waals surface area contributed by atoms with E-state index in [1.165, 1.54) is 18.2 Å². The van der Waals surface area contributed by atoms with E-state index in [0.717, 1.165) is 19.3 Å². The molecule has 0 aliphatic carbocycles. The number of rotatable bonds is 6. The second kappa shape index (κ2) is 6.44. The first-order valence-electron chi connectivity index (χ1n) is 6.91. The van der Waals surface area contributed by atoms with Crippen molar-refractivity contribution in [2.24, 2.45) is 5.14 Å². The molecule has 0 aromatic heterocycles. The second-order valence-electron chi connectivity index (χ2n) is 5.00. The third kappa shape index (κ3) is 3.95. The van der Waals surface area contributed by atoms with Crippen molar-refractivity contribution in [3.8, 4) is 5.75 Å². The number of sulfonamides is 1. The summed E-state index contributed by atoms with van der Waals surface area (Å²) in [6, 6.07) is 4.32. The van der Waals surface area contributed by atoms with Gasteiger partial charge in [-0.05, 0) is 30.2 Å². The number of esters is 1. The van der Waals surface area contributed by atoms with E-state index in [0.29, 0.717) is 24.3 Å². The van der Waals surface area contributed by atoms with Crippen LogP contribution in [-0.4, -0.2) is 27.1 Å². The van der Waals surface area contributed by atoms with E-state index in [1.807, 2.05) is 0 Å². The summed E-state index contributed by atoms with van der Waals surface area (Å²) in [6.07, 6.45) is 2.48. The Morgan fingerprint density at radius 1 is 1.43 bits per heavy atom. The SMILES string of the molecule is CCCCCOC(=O)C1Cc2cc(S(N)(=O)=O)ccc2O1. The number of carbonyl (C=O) groups is 1. The molecule has 0 radical (unpaired) electrons. The van der Waals surface area contributed by atoms with E-state index in [4.69, 9.17) is 14.6 Å². The van der Waals surface area contributed by atoms with Gasteiger partial charge in [0, 0.05) is 6.42 Å². The number of fused-ring (bicyclic) bond motifs is 1. The lowest BCUT2D eigenvalue weighted by atomic mass is 10.1. The van der Waals surface area contributed by atoms with Gasteiger partial charge in [0.05, 0.1) is 11.5 Å². The maximum Gasteiger partial charge on any atom is 0.347 e. The molecule has 7 heteroatoms. The number of ether oxygens (including phenoxy) is 2. The van der Waals surface area contributed by atoms with Gasteiger partial charge < -0.3 is 9.47 Å². The van der Waals surface area contributed by atoms with Crippen LogP contribution in [0.1, 0.15) is 31.7 Å². The first kappa shape index (κ1) is 15.8. The van der Waals surface area contributed by atoms with Crippen molar-refractivity contribution >= 4 is 16.0 Å². The van der Waals surface area contributed by atoms with E-state index in [1.54, 1.807) is 0 Å². The van der Waals surface area contributed by atoms with Gasteiger partial charge in [0.2, 0.25) is 10.0 Å². The normalized spacial score (nSPS) is 17.1. The molecule has 1 unspecified atom stereocenters. The molecule has 1 atom stereocenters. The van der Waals surface area contributed by atoms with Crippen molar-refractivity contribution in [2.45, 2.75) is 43.6 Å². The summed E-state index contributed by atoms with van der Waals surface area (Å²) in [4.78, 5) is 11.9. The van der Waals surface area contributed by atoms with E-state index in [2.05, 4.69) is 6.92 Å². The number of hydrogen-bond donors (Lipinski definition) is 1. The van der Waals surface area contributed by atoms with Crippen LogP contribution in [0, 0.1) is 0 Å². The summed E-state index contributed by atoms with van der Waals surface area (Å²) in [7, 11) is -3.75. The van der Waals surface area contributed by atoms with Crippen molar-refractivity contribution in [3.05, 3.63) is 23.8 Å². The van der Waals surface area contributed by atoms with Crippen molar-refractivity contribution in [3.63, 3.8) is 0 Å². The fourth-order valence-electron chi connectivity index (χ4n) is 2.15. The Morgan fingerprint density at radius 2 is 2.19 bits per heavy atom. The molecule has 0 spiro atoms. The first-order chi connectivity index (χ1) is 9.91. The highest BCUT2D eigenvalue weighted by atomic mass is 32.2. The molecule has 2 rings (SSSR count). The highest BCUT2D eigenvalue weighted by Crippen LogP contribution is 2.31. The summed E-state index contributed by atoms with van der Waals surface area (Å²) in [6.45, 7) is 2.45. The molecule has 0 saturated heterocycles. The number of primary sulfonamides is 1. The molecule has 6 nitrogen and oxygen atoms in total. The summed E-state index contributed by atoms with van der Waals surface area (Å²) < 4.78 is 33.2. The minimum Gasteiger partial charge on any atom is -0.478 e. The van der Waals surface area contributed by atoms with Crippen LogP contribution in [0.4, 0.5) is 0 Å². The zero-order valence-corrected chi connectivity index (χ0v) is 12.7. The Labute approximate surface area is 124 Å². The molecule has 1 aliphatic heterocycles. The molecule has 0 saturated carbocycles. The van der Waals surface area contributed by atoms with E-state index in [-0.39, 0.29) is 4.90 Å². The Hall–Kier alpha value is -1.60. The van der Waals surface area contributed by atoms with E-state index < -0.39 is 22.1 Å². The minimum absolute atomic E-state index is 0.0156. The van der Waals surface area contributed by atoms with Gasteiger partial charge in [-0.15, -0.1) is 0 Å². The Morgan fingerprint density at radius 3 is 2.86 bits per heavy atom. The van der Waals surface area contributed by atoms with Crippen LogP contribution in [0.15, 0.2) is 23.1 Å². The lowest BCUT2D eigenvalue weighted by molar-refractivity contribution is -0.151. The number of hydrogen-bond acceptors (Lipinski definition) is 5. The molecule has 21 heavy (non-hydrogen) atoms. The summed E-state index contributed by atoms with van der Waals surface area (Å²) in [5.74, 6) is 0.0809. The van der Waals surface area contributed by atoms with Gasteiger partial charge in [0.25, 0.3) is 0 Å². The lowest BCUT2D eigenvalue weighted by Crippen LogP contribution is -2.27. The average Bonchev–Trinajstić information content (AvgIpc) is 2.85. The average molecular weight is 313 g/mol. The Kier molecular flexibility index (Phi) is 4.84. The number of carbonyl (C=O) groups excluding carboxylic acids is 1. The topological polar surface area (TPSA) is 95.7 Å². The fraction of sp³-hybridized carbons (Fsp3) is 0.500. The van der Waals surface area contributed by atoms with Gasteiger partial charge in [-0.1, -0.05) is 19.8 Å². The monoisotopic (exact) mass is 313 g/mol. The molecule has 1 heterocycles. The van der Waals surface area contributed by atoms with Crippen LogP contribution in [0.25, 0.3) is 0 Å². The van der Waals surface area contributed by atoms with E-state index >= 15 is 0 Å². The van der Waals surface area contributed by atoms with Gasteiger partial charge in [0.1, 0.15) is 5.75 Å². The standard InChI is InChI=1S/C14H19NO5S/c1-2-3-4-7-19-14(16)13-9-10-8-11(21(15,17)18)5-6-12(10)20-13/h5-6,8,13H,2-4,7,9H2,1H3,(H2,15,17,18). The molecule has 2 N–H and O–H groups in total. The largest absolute Gasteiger partial charge is 0.478 e. The molecule has 116 valence electrons. The minimum atomic E-state index is -3.75. The summed E-state index contributed by atoms with van der Waals surface area (Å²) in [5.41, 5.74) is 0.650. The molecule has 0 amide bonds. The molecular weight excluding hydrogens is 294 g/mol. The lowest BCUT2D eigenvalue weighted by Gasteiger charge is -2.10. The number of nitrogens with two attached hydrogens (primary N) is 1. The van der Waals surface area contributed by atoms with Crippen molar-refractivity contribution in [2.75, 3.05) is 6.61 Å². The predicted octanol–water partition coefficient (Wildman–Crippen LogP) is 1.37. The third-order valence-electron chi connectivity index (χ3n) is 3.29. The van der Waals surface area contributed by atoms with Crippen LogP contribution in [0.3, 0.4) is 0 Å².